The summed E-state index contributed by atoms with van der Waals surface area (Å²) in [4.78, 5) is 9.04. The van der Waals surface area contributed by atoms with Gasteiger partial charge in [0.2, 0.25) is 0 Å². The normalized spacial score (nSPS) is 16.2. The predicted molar refractivity (Wildman–Crippen MR) is 75.9 cm³/mol. The third-order valence-electron chi connectivity index (χ3n) is 3.48. The lowest BCUT2D eigenvalue weighted by Gasteiger charge is -2.16. The van der Waals surface area contributed by atoms with Crippen LogP contribution >= 0.6 is 0 Å². The van der Waals surface area contributed by atoms with Crippen LogP contribution in [0.5, 0.6) is 0 Å². The zero-order valence-corrected chi connectivity index (χ0v) is 11.6. The lowest BCUT2D eigenvalue weighted by atomic mass is 10.1. The monoisotopic (exact) mass is 265 g/mol. The maximum Gasteiger partial charge on any atom is 0.148 e. The van der Waals surface area contributed by atoms with Gasteiger partial charge in [-0.1, -0.05) is 6.92 Å². The van der Waals surface area contributed by atoms with Crippen molar-refractivity contribution in [1.29, 1.82) is 0 Å². The summed E-state index contributed by atoms with van der Waals surface area (Å²) in [7, 11) is 0. The molecule has 0 bridgehead atoms. The quantitative estimate of drug-likeness (QED) is 0.439. The molecule has 1 fully saturated rings. The van der Waals surface area contributed by atoms with Crippen molar-refractivity contribution in [3.05, 3.63) is 11.4 Å². The SMILES string of the molecule is Cc1c(NN)nc(C2CC2)nc1NCC(C)CCO. The van der Waals surface area contributed by atoms with Gasteiger partial charge in [-0.05, 0) is 32.1 Å². The fourth-order valence-electron chi connectivity index (χ4n) is 1.96. The van der Waals surface area contributed by atoms with E-state index in [0.717, 1.165) is 43.0 Å². The maximum absolute atomic E-state index is 8.92. The first kappa shape index (κ1) is 14.0. The second kappa shape index (κ2) is 6.16. The van der Waals surface area contributed by atoms with Gasteiger partial charge < -0.3 is 15.8 Å². The molecule has 1 saturated carbocycles. The number of nitrogens with zero attached hydrogens (tertiary/aromatic N) is 2. The second-order valence-corrected chi connectivity index (χ2v) is 5.32. The van der Waals surface area contributed by atoms with Crippen LogP contribution in [0.25, 0.3) is 0 Å². The molecule has 2 rings (SSSR count). The van der Waals surface area contributed by atoms with E-state index in [0.29, 0.717) is 17.7 Å². The van der Waals surface area contributed by atoms with Crippen LogP contribution in [0.2, 0.25) is 0 Å². The van der Waals surface area contributed by atoms with Crippen molar-refractivity contribution in [3.63, 3.8) is 0 Å². The summed E-state index contributed by atoms with van der Waals surface area (Å²) in [5.74, 6) is 8.80. The van der Waals surface area contributed by atoms with E-state index in [4.69, 9.17) is 10.9 Å². The minimum atomic E-state index is 0.217. The minimum Gasteiger partial charge on any atom is -0.396 e. The van der Waals surface area contributed by atoms with Gasteiger partial charge in [0.25, 0.3) is 0 Å². The molecule has 1 heterocycles. The molecule has 0 amide bonds. The zero-order valence-electron chi connectivity index (χ0n) is 11.6. The molecule has 0 spiro atoms. The summed E-state index contributed by atoms with van der Waals surface area (Å²) in [6, 6.07) is 0. The van der Waals surface area contributed by atoms with Crippen molar-refractivity contribution in [2.24, 2.45) is 11.8 Å². The molecule has 1 aromatic rings. The molecule has 0 aromatic carbocycles. The number of nitrogens with one attached hydrogen (secondary N) is 2. The van der Waals surface area contributed by atoms with Crippen molar-refractivity contribution in [3.8, 4) is 0 Å². The van der Waals surface area contributed by atoms with Gasteiger partial charge in [-0.15, -0.1) is 0 Å². The Hall–Kier alpha value is -1.40. The fourth-order valence-corrected chi connectivity index (χ4v) is 1.96. The molecule has 1 atom stereocenters. The summed E-state index contributed by atoms with van der Waals surface area (Å²) in [6.45, 7) is 5.05. The highest BCUT2D eigenvalue weighted by molar-refractivity contribution is 5.57. The Morgan fingerprint density at radius 2 is 2.05 bits per heavy atom. The lowest BCUT2D eigenvalue weighted by Crippen LogP contribution is -2.18. The number of aromatic nitrogens is 2. The molecule has 106 valence electrons. The molecule has 1 unspecified atom stereocenters. The number of rotatable bonds is 7. The third kappa shape index (κ3) is 3.54. The highest BCUT2D eigenvalue weighted by Gasteiger charge is 2.28. The Balaban J connectivity index is 2.11. The number of nitrogens with two attached hydrogens (primary N) is 1. The summed E-state index contributed by atoms with van der Waals surface area (Å²) >= 11 is 0. The van der Waals surface area contributed by atoms with Crippen LogP contribution < -0.4 is 16.6 Å². The van der Waals surface area contributed by atoms with E-state index >= 15 is 0 Å². The molecular formula is C13H23N5O. The van der Waals surface area contributed by atoms with Gasteiger partial charge in [0.1, 0.15) is 17.5 Å². The van der Waals surface area contributed by atoms with Crippen LogP contribution in [0.15, 0.2) is 0 Å². The van der Waals surface area contributed by atoms with Gasteiger partial charge in [-0.2, -0.15) is 0 Å². The van der Waals surface area contributed by atoms with Gasteiger partial charge >= 0.3 is 0 Å². The average molecular weight is 265 g/mol. The molecule has 6 nitrogen and oxygen atoms in total. The molecule has 5 N–H and O–H groups in total. The highest BCUT2D eigenvalue weighted by atomic mass is 16.3. The van der Waals surface area contributed by atoms with Crippen molar-refractivity contribution >= 4 is 11.6 Å². The van der Waals surface area contributed by atoms with Crippen molar-refractivity contribution in [1.82, 2.24) is 9.97 Å². The van der Waals surface area contributed by atoms with Crippen LogP contribution in [0, 0.1) is 12.8 Å². The van der Waals surface area contributed by atoms with Crippen molar-refractivity contribution < 1.29 is 5.11 Å². The molecule has 19 heavy (non-hydrogen) atoms. The van der Waals surface area contributed by atoms with E-state index in [9.17, 15) is 0 Å². The van der Waals surface area contributed by atoms with Crippen molar-refractivity contribution in [2.45, 2.75) is 39.0 Å². The molecule has 6 heteroatoms. The average Bonchev–Trinajstić information content (AvgIpc) is 3.22. The molecule has 0 aliphatic heterocycles. The second-order valence-electron chi connectivity index (χ2n) is 5.32. The van der Waals surface area contributed by atoms with Crippen molar-refractivity contribution in [2.75, 3.05) is 23.9 Å². The van der Waals surface area contributed by atoms with E-state index in [1.807, 2.05) is 6.92 Å². The van der Waals surface area contributed by atoms with Crippen LogP contribution in [-0.4, -0.2) is 28.2 Å². The van der Waals surface area contributed by atoms with E-state index < -0.39 is 0 Å². The lowest BCUT2D eigenvalue weighted by molar-refractivity contribution is 0.266. The standard InChI is InChI=1S/C13H23N5O/c1-8(5-6-19)7-15-11-9(2)12(18-14)17-13(16-11)10-3-4-10/h8,10,19H,3-7,14H2,1-2H3,(H2,15,16,17,18). The number of nitrogen functional groups attached to an aromatic ring is 1. The van der Waals surface area contributed by atoms with Gasteiger partial charge in [0, 0.05) is 24.6 Å². The Bertz CT molecular complexity index is 433. The number of aliphatic hydroxyl groups is 1. The number of hydrazine groups is 1. The Morgan fingerprint density at radius 1 is 1.37 bits per heavy atom. The van der Waals surface area contributed by atoms with Gasteiger partial charge in [-0.3, -0.25) is 0 Å². The van der Waals surface area contributed by atoms with E-state index in [2.05, 4.69) is 27.6 Å². The Kier molecular flexibility index (Phi) is 4.55. The zero-order chi connectivity index (χ0) is 13.8. The maximum atomic E-state index is 8.92. The van der Waals surface area contributed by atoms with Gasteiger partial charge in [0.05, 0.1) is 0 Å². The van der Waals surface area contributed by atoms with Crippen LogP contribution in [0.4, 0.5) is 11.6 Å². The predicted octanol–water partition coefficient (Wildman–Crippen LogP) is 1.38. The number of anilines is 2. The van der Waals surface area contributed by atoms with E-state index in [1.54, 1.807) is 0 Å². The smallest absolute Gasteiger partial charge is 0.148 e. The number of hydrogen-bond acceptors (Lipinski definition) is 6. The first-order valence-corrected chi connectivity index (χ1v) is 6.85. The van der Waals surface area contributed by atoms with Crippen LogP contribution in [0.3, 0.4) is 0 Å². The van der Waals surface area contributed by atoms with E-state index in [1.165, 1.54) is 0 Å². The van der Waals surface area contributed by atoms with Crippen LogP contribution in [-0.2, 0) is 0 Å². The molecular weight excluding hydrogens is 242 g/mol. The highest BCUT2D eigenvalue weighted by Crippen LogP contribution is 2.39. The topological polar surface area (TPSA) is 96.1 Å². The minimum absolute atomic E-state index is 0.217. The van der Waals surface area contributed by atoms with Gasteiger partial charge in [-0.25, -0.2) is 15.8 Å². The summed E-state index contributed by atoms with van der Waals surface area (Å²) in [5.41, 5.74) is 3.57. The summed E-state index contributed by atoms with van der Waals surface area (Å²) in [5, 5.41) is 12.3. The summed E-state index contributed by atoms with van der Waals surface area (Å²) in [6.07, 6.45) is 3.11. The fraction of sp³-hybridized carbons (Fsp3) is 0.692. The van der Waals surface area contributed by atoms with Crippen LogP contribution in [0.1, 0.15) is 43.5 Å². The molecule has 1 aromatic heterocycles. The number of hydrogen-bond donors (Lipinski definition) is 4. The number of aliphatic hydroxyl groups excluding tert-OH is 1. The molecule has 1 aliphatic carbocycles. The molecule has 0 radical (unpaired) electrons. The van der Waals surface area contributed by atoms with Gasteiger partial charge in [0.15, 0.2) is 0 Å². The van der Waals surface area contributed by atoms with E-state index in [-0.39, 0.29) is 6.61 Å². The first-order chi connectivity index (χ1) is 9.15. The third-order valence-corrected chi connectivity index (χ3v) is 3.48. The summed E-state index contributed by atoms with van der Waals surface area (Å²) < 4.78 is 0. The Morgan fingerprint density at radius 3 is 2.63 bits per heavy atom. The Labute approximate surface area is 113 Å². The molecule has 0 saturated heterocycles. The largest absolute Gasteiger partial charge is 0.396 e. The molecule has 1 aliphatic rings. The first-order valence-electron chi connectivity index (χ1n) is 6.85.